The second kappa shape index (κ2) is 9.28. The molecule has 0 unspecified atom stereocenters. The van der Waals surface area contributed by atoms with Gasteiger partial charge in [0.1, 0.15) is 18.2 Å². The van der Waals surface area contributed by atoms with Gasteiger partial charge in [-0.05, 0) is 70.6 Å². The van der Waals surface area contributed by atoms with Crippen molar-refractivity contribution in [2.24, 2.45) is 4.99 Å². The molecule has 2 heterocycles. The summed E-state index contributed by atoms with van der Waals surface area (Å²) in [5.74, 6) is -0.0430. The number of aliphatic imine (C=N–C) groups is 1. The van der Waals surface area contributed by atoms with Gasteiger partial charge >= 0.3 is 5.97 Å². The number of esters is 1. The molecule has 0 spiro atoms. The number of rotatable bonds is 6. The lowest BCUT2D eigenvalue weighted by Gasteiger charge is -2.33. The van der Waals surface area contributed by atoms with E-state index >= 15 is 0 Å². The lowest BCUT2D eigenvalue weighted by Crippen LogP contribution is -2.34. The molecule has 0 amide bonds. The lowest BCUT2D eigenvalue weighted by atomic mass is 9.95. The van der Waals surface area contributed by atoms with Gasteiger partial charge in [0.25, 0.3) is 0 Å². The molecule has 2 aromatic rings. The number of halogens is 2. The van der Waals surface area contributed by atoms with Crippen LogP contribution in [-0.2, 0) is 16.1 Å². The van der Waals surface area contributed by atoms with E-state index < -0.39 is 0 Å². The molecule has 0 radical (unpaired) electrons. The Morgan fingerprint density at radius 2 is 2.13 bits per heavy atom. The number of ether oxygens (including phenoxy) is 2. The smallest absolute Gasteiger partial charge is 0.338 e. The van der Waals surface area contributed by atoms with Gasteiger partial charge in [0, 0.05) is 6.20 Å². The van der Waals surface area contributed by atoms with E-state index in [0.717, 1.165) is 20.8 Å². The summed E-state index contributed by atoms with van der Waals surface area (Å²) < 4.78 is 25.3. The predicted octanol–water partition coefficient (Wildman–Crippen LogP) is 5.94. The van der Waals surface area contributed by atoms with Gasteiger partial charge < -0.3 is 14.4 Å². The largest absolute Gasteiger partial charge is 0.488 e. The van der Waals surface area contributed by atoms with Crippen LogP contribution >= 0.6 is 27.7 Å². The standard InChI is InChI=1S/C23H20BrFN2O3S/c1-3-29-22(28)20-14(2)26-23-27(9-10-31-23)21(20)16-7-8-19(18(24)12-16)30-13-15-5-4-6-17(25)11-15/h4-12,21H,3,13H2,1-2H3/t21-/m1/s1. The van der Waals surface area contributed by atoms with Gasteiger partial charge in [-0.2, -0.15) is 0 Å². The van der Waals surface area contributed by atoms with E-state index in [4.69, 9.17) is 9.47 Å². The van der Waals surface area contributed by atoms with E-state index in [2.05, 4.69) is 20.9 Å². The van der Waals surface area contributed by atoms with Crippen LogP contribution in [0.5, 0.6) is 5.75 Å². The normalized spacial score (nSPS) is 17.5. The summed E-state index contributed by atoms with van der Waals surface area (Å²) in [4.78, 5) is 19.3. The fourth-order valence-electron chi connectivity index (χ4n) is 3.49. The number of fused-ring (bicyclic) bond motifs is 1. The molecule has 0 saturated heterocycles. The van der Waals surface area contributed by atoms with Gasteiger partial charge in [0.2, 0.25) is 0 Å². The molecule has 2 aromatic carbocycles. The van der Waals surface area contributed by atoms with Crippen LogP contribution in [0, 0.1) is 5.82 Å². The Hall–Kier alpha value is -2.58. The Bertz CT molecular complexity index is 1120. The summed E-state index contributed by atoms with van der Waals surface area (Å²) in [5.41, 5.74) is 2.80. The lowest BCUT2D eigenvalue weighted by molar-refractivity contribution is -0.139. The van der Waals surface area contributed by atoms with Crippen LogP contribution in [-0.4, -0.2) is 22.6 Å². The van der Waals surface area contributed by atoms with E-state index in [1.807, 2.05) is 47.7 Å². The van der Waals surface area contributed by atoms with Crippen molar-refractivity contribution in [1.82, 2.24) is 4.90 Å². The molecular weight excluding hydrogens is 483 g/mol. The zero-order valence-electron chi connectivity index (χ0n) is 17.0. The van der Waals surface area contributed by atoms with E-state index in [1.165, 1.54) is 23.9 Å². The predicted molar refractivity (Wildman–Crippen MR) is 123 cm³/mol. The summed E-state index contributed by atoms with van der Waals surface area (Å²) in [7, 11) is 0. The Kier molecular flexibility index (Phi) is 6.48. The van der Waals surface area contributed by atoms with Gasteiger partial charge in [-0.15, -0.1) is 0 Å². The molecule has 2 aliphatic rings. The number of amidine groups is 1. The van der Waals surface area contributed by atoms with Crippen molar-refractivity contribution < 1.29 is 18.7 Å². The van der Waals surface area contributed by atoms with E-state index in [-0.39, 0.29) is 24.4 Å². The van der Waals surface area contributed by atoms with Crippen LogP contribution in [0.1, 0.15) is 31.0 Å². The van der Waals surface area contributed by atoms with Gasteiger partial charge in [-0.3, -0.25) is 0 Å². The number of benzene rings is 2. The van der Waals surface area contributed by atoms with Crippen molar-refractivity contribution in [3.05, 3.63) is 86.8 Å². The van der Waals surface area contributed by atoms with Crippen molar-refractivity contribution in [2.75, 3.05) is 6.61 Å². The third-order valence-electron chi connectivity index (χ3n) is 4.87. The molecule has 0 aromatic heterocycles. The van der Waals surface area contributed by atoms with Crippen LogP contribution < -0.4 is 4.74 Å². The van der Waals surface area contributed by atoms with Crippen molar-refractivity contribution in [2.45, 2.75) is 26.5 Å². The maximum atomic E-state index is 13.4. The zero-order chi connectivity index (χ0) is 22.0. The number of hydrogen-bond donors (Lipinski definition) is 0. The Labute approximate surface area is 192 Å². The quantitative estimate of drug-likeness (QED) is 0.457. The molecule has 0 bridgehead atoms. The highest BCUT2D eigenvalue weighted by atomic mass is 79.9. The van der Waals surface area contributed by atoms with E-state index in [9.17, 15) is 9.18 Å². The molecule has 4 rings (SSSR count). The molecule has 5 nitrogen and oxygen atoms in total. The summed E-state index contributed by atoms with van der Waals surface area (Å²) in [6.45, 7) is 4.15. The summed E-state index contributed by atoms with van der Waals surface area (Å²) in [6, 6.07) is 11.6. The zero-order valence-corrected chi connectivity index (χ0v) is 19.4. The molecule has 0 fully saturated rings. The number of hydrogen-bond acceptors (Lipinski definition) is 6. The van der Waals surface area contributed by atoms with Crippen molar-refractivity contribution >= 4 is 38.8 Å². The topological polar surface area (TPSA) is 51.1 Å². The summed E-state index contributed by atoms with van der Waals surface area (Å²) in [5, 5.41) is 2.76. The number of allylic oxidation sites excluding steroid dienone is 1. The molecule has 160 valence electrons. The fraction of sp³-hybridized carbons (Fsp3) is 0.217. The monoisotopic (exact) mass is 502 g/mol. The highest BCUT2D eigenvalue weighted by molar-refractivity contribution is 9.10. The average molecular weight is 503 g/mol. The minimum atomic E-state index is -0.374. The van der Waals surface area contributed by atoms with Crippen LogP contribution in [0.4, 0.5) is 4.39 Å². The Balaban J connectivity index is 1.62. The third-order valence-corrected chi connectivity index (χ3v) is 6.26. The molecule has 0 saturated carbocycles. The van der Waals surface area contributed by atoms with Crippen LogP contribution in [0.25, 0.3) is 0 Å². The minimum absolute atomic E-state index is 0.245. The van der Waals surface area contributed by atoms with Gasteiger partial charge in [-0.1, -0.05) is 30.0 Å². The first-order chi connectivity index (χ1) is 15.0. The Morgan fingerprint density at radius 1 is 1.29 bits per heavy atom. The maximum absolute atomic E-state index is 13.4. The average Bonchev–Trinajstić information content (AvgIpc) is 3.20. The second-order valence-corrected chi connectivity index (χ2v) is 8.66. The van der Waals surface area contributed by atoms with Crippen LogP contribution in [0.2, 0.25) is 0 Å². The van der Waals surface area contributed by atoms with Gasteiger partial charge in [0.05, 0.1) is 28.4 Å². The number of carbonyl (C=O) groups is 1. The maximum Gasteiger partial charge on any atom is 0.338 e. The van der Waals surface area contributed by atoms with Crippen molar-refractivity contribution in [3.8, 4) is 5.75 Å². The first kappa shape index (κ1) is 21.6. The van der Waals surface area contributed by atoms with E-state index in [0.29, 0.717) is 23.6 Å². The Morgan fingerprint density at radius 3 is 2.87 bits per heavy atom. The molecule has 0 N–H and O–H groups in total. The molecule has 31 heavy (non-hydrogen) atoms. The third kappa shape index (κ3) is 4.55. The molecule has 8 heteroatoms. The fourth-order valence-corrected chi connectivity index (χ4v) is 4.79. The minimum Gasteiger partial charge on any atom is -0.488 e. The first-order valence-corrected chi connectivity index (χ1v) is 11.4. The highest BCUT2D eigenvalue weighted by Crippen LogP contribution is 2.42. The van der Waals surface area contributed by atoms with Crippen molar-refractivity contribution in [3.63, 3.8) is 0 Å². The van der Waals surface area contributed by atoms with Crippen molar-refractivity contribution in [1.29, 1.82) is 0 Å². The molecule has 0 aliphatic carbocycles. The summed E-state index contributed by atoms with van der Waals surface area (Å²) >= 11 is 5.09. The highest BCUT2D eigenvalue weighted by Gasteiger charge is 2.37. The number of thioether (sulfide) groups is 1. The van der Waals surface area contributed by atoms with E-state index in [1.54, 1.807) is 13.0 Å². The van der Waals surface area contributed by atoms with Crippen LogP contribution in [0.15, 0.2) is 74.8 Å². The number of nitrogens with zero attached hydrogens (tertiary/aromatic N) is 2. The summed E-state index contributed by atoms with van der Waals surface area (Å²) in [6.07, 6.45) is 1.92. The van der Waals surface area contributed by atoms with Crippen LogP contribution in [0.3, 0.4) is 0 Å². The van der Waals surface area contributed by atoms with Gasteiger partial charge in [-0.25, -0.2) is 14.2 Å². The molecular formula is C23H20BrFN2O3S. The SMILES string of the molecule is CCOC(=O)C1=C(C)N=C2SC=CN2[C@@H]1c1ccc(OCc2cccc(F)c2)c(Br)c1. The molecule has 2 aliphatic heterocycles. The first-order valence-electron chi connectivity index (χ1n) is 9.73. The van der Waals surface area contributed by atoms with Gasteiger partial charge in [0.15, 0.2) is 5.17 Å². The second-order valence-electron chi connectivity index (χ2n) is 6.94. The molecule has 1 atom stereocenters. The number of carbonyl (C=O) groups excluding carboxylic acids is 1.